The molecular weight excluding hydrogens is 961 g/mol. The van der Waals surface area contributed by atoms with Crippen LogP contribution in [0.1, 0.15) is 175 Å². The second-order valence-corrected chi connectivity index (χ2v) is 21.4. The lowest BCUT2D eigenvalue weighted by Gasteiger charge is -2.21. The lowest BCUT2D eigenvalue weighted by molar-refractivity contribution is -0.161. The summed E-state index contributed by atoms with van der Waals surface area (Å²) in [5.41, 5.74) is 4.58. The lowest BCUT2D eigenvalue weighted by atomic mass is 10.0. The number of aromatic nitrogens is 2. The molecule has 0 bridgehead atoms. The zero-order valence-electron chi connectivity index (χ0n) is 42.3. The van der Waals surface area contributed by atoms with Gasteiger partial charge in [-0.15, -0.1) is 0 Å². The lowest BCUT2D eigenvalue weighted by Crippen LogP contribution is -2.36. The third kappa shape index (κ3) is 31.1. The van der Waals surface area contributed by atoms with Gasteiger partial charge in [0.05, 0.1) is 19.3 Å². The Bertz CT molecular complexity index is 1910. The summed E-state index contributed by atoms with van der Waals surface area (Å²) < 4.78 is 56.7. The van der Waals surface area contributed by atoms with Crippen LogP contribution in [0.5, 0.6) is 0 Å². The molecule has 8 atom stereocenters. The number of unbranched alkanes of at least 4 members (excludes halogenated alkanes) is 12. The minimum Gasteiger partial charge on any atom is -0.462 e. The average molecular weight is 1050 g/mol. The van der Waals surface area contributed by atoms with Crippen LogP contribution in [0.25, 0.3) is 0 Å². The number of ether oxygens (including phenoxy) is 3. The number of carbonyl (C=O) groups is 2. The van der Waals surface area contributed by atoms with Crippen LogP contribution in [-0.2, 0) is 46.3 Å². The van der Waals surface area contributed by atoms with Crippen molar-refractivity contribution in [2.24, 2.45) is 5.92 Å². The second-order valence-electron chi connectivity index (χ2n) is 18.3. The number of hydrogen-bond donors (Lipinski definition) is 6. The van der Waals surface area contributed by atoms with E-state index in [0.717, 1.165) is 74.5 Å². The predicted octanol–water partition coefficient (Wildman–Crippen LogP) is 9.38. The number of esters is 2. The molecule has 406 valence electrons. The number of rotatable bonds is 41. The molecule has 1 aromatic heterocycles. The van der Waals surface area contributed by atoms with Crippen molar-refractivity contribution >= 4 is 33.4 Å². The molecule has 1 saturated heterocycles. The van der Waals surface area contributed by atoms with Crippen molar-refractivity contribution in [3.8, 4) is 0 Å². The van der Waals surface area contributed by atoms with E-state index in [0.29, 0.717) is 25.7 Å². The van der Waals surface area contributed by atoms with Crippen molar-refractivity contribution in [1.82, 2.24) is 9.55 Å². The van der Waals surface area contributed by atoms with Crippen LogP contribution in [0.15, 0.2) is 65.7 Å². The number of allylic oxidation sites excluding steroid dienone is 7. The van der Waals surface area contributed by atoms with Gasteiger partial charge in [0.2, 0.25) is 0 Å². The van der Waals surface area contributed by atoms with Crippen LogP contribution in [0.2, 0.25) is 0 Å². The summed E-state index contributed by atoms with van der Waals surface area (Å²) in [6.07, 6.45) is 29.8. The van der Waals surface area contributed by atoms with Gasteiger partial charge in [-0.3, -0.25) is 23.2 Å². The van der Waals surface area contributed by atoms with E-state index in [-0.39, 0.29) is 24.8 Å². The molecule has 1 fully saturated rings. The highest BCUT2D eigenvalue weighted by atomic mass is 31.3. The SMILES string of the molecule is CCCC(O)C/C=C\C/C=C\C/C=C\C/C=C\CCCC(=O)OC[C@H](COP(=O)(O)OP(=O)(O)OC[C@H]1O[C@@H](n2ccc(N)nc2=O)[C@H](O)[C@@H]1O)OC(=O)CCCCCCCCCCCCCCC(C)C. The Labute approximate surface area is 421 Å². The number of anilines is 1. The molecule has 1 aliphatic rings. The second kappa shape index (κ2) is 37.4. The highest BCUT2D eigenvalue weighted by Gasteiger charge is 2.46. The monoisotopic (exact) mass is 1050 g/mol. The first kappa shape index (κ1) is 63.8. The molecule has 0 radical (unpaired) electrons. The van der Waals surface area contributed by atoms with E-state index in [1.807, 2.05) is 30.4 Å². The molecular formula is C50H85N3O16P2. The maximum atomic E-state index is 12.9. The van der Waals surface area contributed by atoms with E-state index in [1.54, 1.807) is 0 Å². The van der Waals surface area contributed by atoms with Gasteiger partial charge >= 0.3 is 33.3 Å². The smallest absolute Gasteiger partial charge is 0.462 e. The number of nitrogen functional groups attached to an aromatic ring is 1. The van der Waals surface area contributed by atoms with Crippen molar-refractivity contribution in [1.29, 1.82) is 0 Å². The first-order valence-electron chi connectivity index (χ1n) is 25.6. The van der Waals surface area contributed by atoms with E-state index < -0.39 is 83.7 Å². The minimum atomic E-state index is -5.44. The number of aliphatic hydroxyl groups excluding tert-OH is 3. The minimum absolute atomic E-state index is 0.0316. The van der Waals surface area contributed by atoms with E-state index in [2.05, 4.69) is 48.3 Å². The zero-order valence-corrected chi connectivity index (χ0v) is 44.1. The number of nitrogens with two attached hydrogens (primary N) is 1. The third-order valence-corrected chi connectivity index (χ3v) is 14.0. The van der Waals surface area contributed by atoms with Crippen LogP contribution in [0.4, 0.5) is 5.82 Å². The Hall–Kier alpha value is -3.32. The van der Waals surface area contributed by atoms with Gasteiger partial charge in [-0.2, -0.15) is 9.29 Å². The molecule has 2 heterocycles. The maximum absolute atomic E-state index is 12.9. The third-order valence-electron chi connectivity index (χ3n) is 11.4. The predicted molar refractivity (Wildman–Crippen MR) is 272 cm³/mol. The number of hydrogen-bond acceptors (Lipinski definition) is 16. The Kier molecular flexibility index (Phi) is 33.6. The Morgan fingerprint density at radius 2 is 1.31 bits per heavy atom. The van der Waals surface area contributed by atoms with Crippen molar-refractivity contribution in [2.75, 3.05) is 25.6 Å². The molecule has 0 amide bonds. The quantitative estimate of drug-likeness (QED) is 0.0154. The first-order chi connectivity index (χ1) is 33.9. The summed E-state index contributed by atoms with van der Waals surface area (Å²) >= 11 is 0. The fraction of sp³-hybridized carbons (Fsp3) is 0.720. The molecule has 0 saturated carbocycles. The molecule has 0 aromatic carbocycles. The molecule has 71 heavy (non-hydrogen) atoms. The molecule has 2 rings (SSSR count). The van der Waals surface area contributed by atoms with Gasteiger partial charge in [-0.25, -0.2) is 13.9 Å². The molecule has 0 aliphatic carbocycles. The summed E-state index contributed by atoms with van der Waals surface area (Å²) in [6, 6.07) is 1.24. The molecule has 19 nitrogen and oxygen atoms in total. The standard InChI is InChI=1S/C50H85N3O16P2/c1-4-30-41(54)32-27-23-19-15-11-6-5-7-12-16-20-24-28-33-45(55)64-37-42(67-46(56)34-29-25-21-17-13-9-8-10-14-18-22-26-31-40(2)3)38-65-70(60,61)69-71(62,63)66-39-43-47(57)48(58)49(68-43)53-36-35-44(51)52-50(53)59/h5,7,11,15-16,20,23,27,35-36,40-43,47-49,54,57-58H,4,6,8-10,12-14,17-19,21-22,24-26,28-34,37-39H2,1-3H3,(H,60,61)(H,62,63)(H2,51,52,59)/b7-5-,15-11-,20-16-,27-23-/t41?,42-,43-,47-,48-,49-/m1/s1. The van der Waals surface area contributed by atoms with Crippen molar-refractivity contribution in [2.45, 2.75) is 205 Å². The molecule has 7 N–H and O–H groups in total. The van der Waals surface area contributed by atoms with E-state index in [4.69, 9.17) is 29.0 Å². The average Bonchev–Trinajstić information content (AvgIpc) is 3.58. The van der Waals surface area contributed by atoms with Crippen LogP contribution in [0.3, 0.4) is 0 Å². The van der Waals surface area contributed by atoms with Gasteiger partial charge < -0.3 is 45.1 Å². The van der Waals surface area contributed by atoms with Crippen LogP contribution < -0.4 is 11.4 Å². The number of nitrogens with zero attached hydrogens (tertiary/aromatic N) is 2. The topological polar surface area (TPSA) is 286 Å². The summed E-state index contributed by atoms with van der Waals surface area (Å²) in [6.45, 7) is 4.20. The summed E-state index contributed by atoms with van der Waals surface area (Å²) in [4.78, 5) is 61.9. The molecule has 3 unspecified atom stereocenters. The van der Waals surface area contributed by atoms with Gasteiger partial charge in [-0.05, 0) is 63.4 Å². The van der Waals surface area contributed by atoms with Crippen LogP contribution in [0, 0.1) is 5.92 Å². The summed E-state index contributed by atoms with van der Waals surface area (Å²) in [7, 11) is -10.9. The Morgan fingerprint density at radius 3 is 1.90 bits per heavy atom. The number of phosphoric acid groups is 2. The fourth-order valence-corrected chi connectivity index (χ4v) is 9.56. The van der Waals surface area contributed by atoms with Crippen LogP contribution >= 0.6 is 15.6 Å². The van der Waals surface area contributed by atoms with Crippen molar-refractivity contribution in [3.63, 3.8) is 0 Å². The largest absolute Gasteiger partial charge is 0.481 e. The highest BCUT2D eigenvalue weighted by Crippen LogP contribution is 2.60. The summed E-state index contributed by atoms with van der Waals surface area (Å²) in [5.74, 6) is -0.618. The molecule has 21 heteroatoms. The number of aliphatic hydroxyl groups is 3. The maximum Gasteiger partial charge on any atom is 0.481 e. The number of phosphoric ester groups is 2. The van der Waals surface area contributed by atoms with Gasteiger partial charge in [0.15, 0.2) is 12.3 Å². The van der Waals surface area contributed by atoms with Crippen LogP contribution in [-0.4, -0.2) is 96.9 Å². The van der Waals surface area contributed by atoms with E-state index >= 15 is 0 Å². The zero-order chi connectivity index (χ0) is 52.3. The molecule has 0 spiro atoms. The molecule has 1 aliphatic heterocycles. The van der Waals surface area contributed by atoms with E-state index in [1.165, 1.54) is 57.4 Å². The van der Waals surface area contributed by atoms with E-state index in [9.17, 15) is 48.6 Å². The van der Waals surface area contributed by atoms with Gasteiger partial charge in [0.25, 0.3) is 0 Å². The van der Waals surface area contributed by atoms with Gasteiger partial charge in [0, 0.05) is 19.0 Å². The highest BCUT2D eigenvalue weighted by molar-refractivity contribution is 7.61. The summed E-state index contributed by atoms with van der Waals surface area (Å²) in [5, 5.41) is 30.7. The molecule has 1 aromatic rings. The van der Waals surface area contributed by atoms with Crippen molar-refractivity contribution in [3.05, 3.63) is 71.4 Å². The van der Waals surface area contributed by atoms with Gasteiger partial charge in [0.1, 0.15) is 30.7 Å². The van der Waals surface area contributed by atoms with Crippen molar-refractivity contribution < 1.29 is 71.4 Å². The fourth-order valence-electron chi connectivity index (χ4n) is 7.45. The Morgan fingerprint density at radius 1 is 0.761 bits per heavy atom. The Balaban J connectivity index is 1.82. The first-order valence-corrected chi connectivity index (χ1v) is 28.6. The van der Waals surface area contributed by atoms with Gasteiger partial charge in [-0.1, -0.05) is 153 Å². The normalized spacial score (nSPS) is 20.1. The number of carbonyl (C=O) groups excluding carboxylic acids is 2.